The highest BCUT2D eigenvalue weighted by atomic mass is 32.2. The highest BCUT2D eigenvalue weighted by Crippen LogP contribution is 2.10. The molecule has 2 N–H and O–H groups in total. The van der Waals surface area contributed by atoms with Crippen molar-refractivity contribution in [3.63, 3.8) is 0 Å². The highest BCUT2D eigenvalue weighted by molar-refractivity contribution is 7.89. The Kier molecular flexibility index (Phi) is 6.64. The summed E-state index contributed by atoms with van der Waals surface area (Å²) in [5.41, 5.74) is 0. The molecule has 1 aromatic heterocycles. The molecule has 0 saturated heterocycles. The monoisotopic (exact) mass is 303 g/mol. The summed E-state index contributed by atoms with van der Waals surface area (Å²) in [7, 11) is -3.74. The van der Waals surface area contributed by atoms with E-state index in [0.717, 1.165) is 31.7 Å². The molecular formula is C13H25N3O3S. The normalized spacial score (nSPS) is 12.2. The molecule has 0 aliphatic rings. The number of sulfonamides is 1. The van der Waals surface area contributed by atoms with E-state index >= 15 is 0 Å². The molecule has 1 aromatic rings. The van der Waals surface area contributed by atoms with Crippen LogP contribution in [-0.2, 0) is 27.7 Å². The Morgan fingerprint density at radius 2 is 2.10 bits per heavy atom. The molecule has 1 rings (SSSR count). The van der Waals surface area contributed by atoms with Crippen LogP contribution in [0, 0.1) is 5.92 Å². The van der Waals surface area contributed by atoms with E-state index in [1.807, 2.05) is 11.5 Å². The van der Waals surface area contributed by atoms with E-state index in [2.05, 4.69) is 18.8 Å². The average molecular weight is 303 g/mol. The zero-order valence-electron chi connectivity index (χ0n) is 12.5. The first-order valence-electron chi connectivity index (χ1n) is 7.01. The summed E-state index contributed by atoms with van der Waals surface area (Å²) in [6.45, 7) is 8.18. The number of nitrogens with two attached hydrogens (primary N) is 1. The standard InChI is InChI=1S/C13H25N3O3S/c1-4-5-12-15-13(20(14,17)18)10-16(12)7-9-19-8-6-11(2)3/h10-11H,4-9H2,1-3H3,(H2,14,17,18). The van der Waals surface area contributed by atoms with E-state index in [1.54, 1.807) is 0 Å². The lowest BCUT2D eigenvalue weighted by Gasteiger charge is -2.09. The van der Waals surface area contributed by atoms with Crippen molar-refractivity contribution in [1.29, 1.82) is 0 Å². The van der Waals surface area contributed by atoms with Gasteiger partial charge < -0.3 is 9.30 Å². The third-order valence-corrected chi connectivity index (χ3v) is 3.70. The van der Waals surface area contributed by atoms with Gasteiger partial charge in [0.2, 0.25) is 0 Å². The Morgan fingerprint density at radius 3 is 2.65 bits per heavy atom. The van der Waals surface area contributed by atoms with Gasteiger partial charge in [0.05, 0.1) is 6.61 Å². The van der Waals surface area contributed by atoms with Crippen molar-refractivity contribution < 1.29 is 13.2 Å². The van der Waals surface area contributed by atoms with Crippen molar-refractivity contribution in [2.45, 2.75) is 51.6 Å². The molecule has 0 bridgehead atoms. The maximum atomic E-state index is 11.3. The maximum Gasteiger partial charge on any atom is 0.257 e. The molecule has 0 spiro atoms. The number of imidazole rings is 1. The summed E-state index contributed by atoms with van der Waals surface area (Å²) in [5, 5.41) is 5.04. The van der Waals surface area contributed by atoms with Gasteiger partial charge in [0, 0.05) is 25.8 Å². The molecule has 116 valence electrons. The number of aryl methyl sites for hydroxylation is 1. The lowest BCUT2D eigenvalue weighted by atomic mass is 10.1. The second kappa shape index (κ2) is 7.75. The fourth-order valence-electron chi connectivity index (χ4n) is 1.77. The van der Waals surface area contributed by atoms with Crippen LogP contribution < -0.4 is 5.14 Å². The van der Waals surface area contributed by atoms with Crippen molar-refractivity contribution in [3.05, 3.63) is 12.0 Å². The molecule has 0 saturated carbocycles. The van der Waals surface area contributed by atoms with Gasteiger partial charge in [0.15, 0.2) is 5.03 Å². The Labute approximate surface area is 121 Å². The van der Waals surface area contributed by atoms with E-state index < -0.39 is 10.0 Å². The molecular weight excluding hydrogens is 278 g/mol. The topological polar surface area (TPSA) is 87.2 Å². The number of hydrogen-bond donors (Lipinski definition) is 1. The minimum absolute atomic E-state index is 0.0665. The fourth-order valence-corrected chi connectivity index (χ4v) is 2.27. The minimum Gasteiger partial charge on any atom is -0.380 e. The summed E-state index contributed by atoms with van der Waals surface area (Å²) in [4.78, 5) is 4.09. The smallest absolute Gasteiger partial charge is 0.257 e. The van der Waals surface area contributed by atoms with Crippen molar-refractivity contribution in [2.75, 3.05) is 13.2 Å². The lowest BCUT2D eigenvalue weighted by Crippen LogP contribution is -2.12. The molecule has 0 atom stereocenters. The maximum absolute atomic E-state index is 11.3. The summed E-state index contributed by atoms with van der Waals surface area (Å²) in [6, 6.07) is 0. The molecule has 1 heterocycles. The van der Waals surface area contributed by atoms with Crippen molar-refractivity contribution in [3.8, 4) is 0 Å². The Balaban J connectivity index is 2.61. The molecule has 0 aliphatic heterocycles. The largest absolute Gasteiger partial charge is 0.380 e. The molecule has 6 nitrogen and oxygen atoms in total. The van der Waals surface area contributed by atoms with Gasteiger partial charge in [-0.25, -0.2) is 18.5 Å². The molecule has 0 amide bonds. The molecule has 0 fully saturated rings. The first kappa shape index (κ1) is 17.1. The first-order valence-corrected chi connectivity index (χ1v) is 8.55. The van der Waals surface area contributed by atoms with Gasteiger partial charge in [-0.2, -0.15) is 0 Å². The number of ether oxygens (including phenoxy) is 1. The van der Waals surface area contributed by atoms with E-state index in [9.17, 15) is 8.42 Å². The van der Waals surface area contributed by atoms with E-state index in [4.69, 9.17) is 9.88 Å². The summed E-state index contributed by atoms with van der Waals surface area (Å²) in [6.07, 6.45) is 4.14. The predicted octanol–water partition coefficient (Wildman–Crippen LogP) is 1.55. The van der Waals surface area contributed by atoms with E-state index in [1.165, 1.54) is 6.20 Å². The molecule has 20 heavy (non-hydrogen) atoms. The quantitative estimate of drug-likeness (QED) is 0.701. The van der Waals surface area contributed by atoms with Gasteiger partial charge in [-0.05, 0) is 18.8 Å². The zero-order valence-corrected chi connectivity index (χ0v) is 13.3. The minimum atomic E-state index is -3.74. The molecule has 7 heteroatoms. The van der Waals surface area contributed by atoms with Gasteiger partial charge in [0.1, 0.15) is 5.82 Å². The van der Waals surface area contributed by atoms with Crippen molar-refractivity contribution >= 4 is 10.0 Å². The number of aromatic nitrogens is 2. The van der Waals surface area contributed by atoms with Crippen molar-refractivity contribution in [2.24, 2.45) is 11.1 Å². The van der Waals surface area contributed by atoms with Crippen LogP contribution >= 0.6 is 0 Å². The van der Waals surface area contributed by atoms with Crippen LogP contribution in [0.4, 0.5) is 0 Å². The van der Waals surface area contributed by atoms with Crippen LogP contribution in [0.1, 0.15) is 39.4 Å². The van der Waals surface area contributed by atoms with Crippen LogP contribution in [0.5, 0.6) is 0 Å². The molecule has 0 aromatic carbocycles. The van der Waals surface area contributed by atoms with Gasteiger partial charge in [-0.1, -0.05) is 20.8 Å². The first-order chi connectivity index (χ1) is 9.34. The summed E-state index contributed by atoms with van der Waals surface area (Å²) >= 11 is 0. The summed E-state index contributed by atoms with van der Waals surface area (Å²) in [5.74, 6) is 1.36. The Hall–Kier alpha value is -0.920. The third-order valence-electron chi connectivity index (χ3n) is 2.92. The number of rotatable bonds is 9. The van der Waals surface area contributed by atoms with Gasteiger partial charge in [0.25, 0.3) is 10.0 Å². The van der Waals surface area contributed by atoms with Gasteiger partial charge >= 0.3 is 0 Å². The van der Waals surface area contributed by atoms with Crippen molar-refractivity contribution in [1.82, 2.24) is 9.55 Å². The predicted molar refractivity (Wildman–Crippen MR) is 77.9 cm³/mol. The van der Waals surface area contributed by atoms with Crippen LogP contribution in [0.3, 0.4) is 0 Å². The molecule has 0 unspecified atom stereocenters. The van der Waals surface area contributed by atoms with Crippen LogP contribution in [-0.4, -0.2) is 31.2 Å². The van der Waals surface area contributed by atoms with Crippen LogP contribution in [0.25, 0.3) is 0 Å². The number of hydrogen-bond acceptors (Lipinski definition) is 4. The third kappa shape index (κ3) is 5.60. The fraction of sp³-hybridized carbons (Fsp3) is 0.769. The van der Waals surface area contributed by atoms with Gasteiger partial charge in [-0.15, -0.1) is 0 Å². The second-order valence-corrected chi connectivity index (χ2v) is 6.79. The number of nitrogens with zero attached hydrogens (tertiary/aromatic N) is 2. The van der Waals surface area contributed by atoms with Gasteiger partial charge in [-0.3, -0.25) is 0 Å². The lowest BCUT2D eigenvalue weighted by molar-refractivity contribution is 0.115. The van der Waals surface area contributed by atoms with E-state index in [-0.39, 0.29) is 5.03 Å². The highest BCUT2D eigenvalue weighted by Gasteiger charge is 2.15. The van der Waals surface area contributed by atoms with Crippen LogP contribution in [0.2, 0.25) is 0 Å². The number of primary sulfonamides is 1. The Morgan fingerprint density at radius 1 is 1.40 bits per heavy atom. The van der Waals surface area contributed by atoms with E-state index in [0.29, 0.717) is 19.1 Å². The molecule has 0 radical (unpaired) electrons. The molecule has 0 aliphatic carbocycles. The summed E-state index contributed by atoms with van der Waals surface area (Å²) < 4.78 is 30.0. The van der Waals surface area contributed by atoms with Crippen LogP contribution in [0.15, 0.2) is 11.2 Å². The Bertz CT molecular complexity index is 509. The average Bonchev–Trinajstić information content (AvgIpc) is 2.72. The second-order valence-electron chi connectivity index (χ2n) is 5.28. The zero-order chi connectivity index (χ0) is 15.2. The SMILES string of the molecule is CCCc1nc(S(N)(=O)=O)cn1CCOCCC(C)C.